The number of carbonyl (C=O) groups is 2. The fraction of sp³-hybridized carbons (Fsp3) is 0.875. The van der Waals surface area contributed by atoms with Gasteiger partial charge >= 0.3 is 0 Å². The average molecular weight is 285 g/mol. The number of nitrogens with one attached hydrogen (secondary N) is 1. The molecule has 118 valence electrons. The third-order valence-corrected chi connectivity index (χ3v) is 2.74. The van der Waals surface area contributed by atoms with Crippen LogP contribution in [0.25, 0.3) is 0 Å². The molecule has 0 aromatic carbocycles. The van der Waals surface area contributed by atoms with Crippen LogP contribution in [-0.2, 0) is 14.3 Å². The number of amides is 1. The summed E-state index contributed by atoms with van der Waals surface area (Å²) >= 11 is 0. The summed E-state index contributed by atoms with van der Waals surface area (Å²) in [6.45, 7) is 12.7. The fourth-order valence-corrected chi connectivity index (χ4v) is 1.49. The molecule has 1 N–H and O–H groups in total. The van der Waals surface area contributed by atoms with E-state index in [2.05, 4.69) is 26.1 Å². The van der Waals surface area contributed by atoms with Gasteiger partial charge in [0.25, 0.3) is 0 Å². The van der Waals surface area contributed by atoms with Crippen LogP contribution in [0.2, 0.25) is 0 Å². The second kappa shape index (κ2) is 8.40. The van der Waals surface area contributed by atoms with E-state index in [4.69, 9.17) is 4.74 Å². The van der Waals surface area contributed by atoms with Crippen LogP contribution in [0.4, 0.5) is 0 Å². The summed E-state index contributed by atoms with van der Waals surface area (Å²) in [6.07, 6.45) is 2.78. The minimum atomic E-state index is -0.305. The van der Waals surface area contributed by atoms with E-state index in [1.165, 1.54) is 0 Å². The molecule has 0 saturated carbocycles. The Morgan fingerprint density at radius 3 is 2.10 bits per heavy atom. The van der Waals surface area contributed by atoms with Crippen molar-refractivity contribution in [3.8, 4) is 0 Å². The Morgan fingerprint density at radius 1 is 1.00 bits per heavy atom. The summed E-state index contributed by atoms with van der Waals surface area (Å²) in [4.78, 5) is 23.1. The van der Waals surface area contributed by atoms with Crippen molar-refractivity contribution in [3.63, 3.8) is 0 Å². The van der Waals surface area contributed by atoms with Gasteiger partial charge in [0.1, 0.15) is 12.4 Å². The van der Waals surface area contributed by atoms with Gasteiger partial charge in [0.05, 0.1) is 5.60 Å². The van der Waals surface area contributed by atoms with Crippen molar-refractivity contribution < 1.29 is 14.3 Å². The van der Waals surface area contributed by atoms with Gasteiger partial charge in [-0.05, 0) is 39.0 Å². The van der Waals surface area contributed by atoms with Crippen molar-refractivity contribution in [2.24, 2.45) is 5.41 Å². The Hall–Kier alpha value is -0.900. The first-order valence-electron chi connectivity index (χ1n) is 7.42. The molecule has 0 rings (SSSR count). The van der Waals surface area contributed by atoms with E-state index in [0.29, 0.717) is 25.8 Å². The maximum absolute atomic E-state index is 11.7. The molecule has 0 aliphatic heterocycles. The van der Waals surface area contributed by atoms with Gasteiger partial charge in [-0.15, -0.1) is 0 Å². The zero-order chi connectivity index (χ0) is 15.8. The van der Waals surface area contributed by atoms with Gasteiger partial charge in [0.15, 0.2) is 0 Å². The average Bonchev–Trinajstić information content (AvgIpc) is 2.27. The first-order chi connectivity index (χ1) is 8.99. The molecule has 1 amide bonds. The van der Waals surface area contributed by atoms with Gasteiger partial charge in [-0.3, -0.25) is 9.59 Å². The second-order valence-corrected chi connectivity index (χ2v) is 7.45. The van der Waals surface area contributed by atoms with Crippen LogP contribution >= 0.6 is 0 Å². The molecule has 0 bridgehead atoms. The van der Waals surface area contributed by atoms with E-state index < -0.39 is 0 Å². The highest BCUT2D eigenvalue weighted by atomic mass is 16.5. The molecule has 0 aromatic rings. The van der Waals surface area contributed by atoms with Crippen LogP contribution in [-0.4, -0.2) is 30.4 Å². The lowest BCUT2D eigenvalue weighted by Gasteiger charge is -2.19. The number of Topliss-reactive ketones (excluding diaryl/α,β-unsaturated/α-hetero) is 1. The Balaban J connectivity index is 3.61. The fourth-order valence-electron chi connectivity index (χ4n) is 1.49. The number of hydrogen-bond donors (Lipinski definition) is 1. The predicted octanol–water partition coefficient (Wildman–Crippen LogP) is 3.09. The lowest BCUT2D eigenvalue weighted by molar-refractivity contribution is -0.130. The molecule has 20 heavy (non-hydrogen) atoms. The summed E-state index contributed by atoms with van der Waals surface area (Å²) < 4.78 is 5.37. The summed E-state index contributed by atoms with van der Waals surface area (Å²) in [5.41, 5.74) is -0.103. The molecule has 0 aliphatic rings. The first-order valence-corrected chi connectivity index (χ1v) is 7.42. The molecular formula is C16H31NO3. The number of hydrogen-bond acceptors (Lipinski definition) is 3. The molecule has 0 atom stereocenters. The molecule has 0 unspecified atom stereocenters. The maximum Gasteiger partial charge on any atom is 0.246 e. The molecule has 4 heteroatoms. The zero-order valence-electron chi connectivity index (χ0n) is 14.0. The molecule has 0 fully saturated rings. The lowest BCUT2D eigenvalue weighted by Crippen LogP contribution is -2.32. The highest BCUT2D eigenvalue weighted by Crippen LogP contribution is 2.21. The van der Waals surface area contributed by atoms with Crippen molar-refractivity contribution in [2.45, 2.75) is 72.8 Å². The van der Waals surface area contributed by atoms with Crippen molar-refractivity contribution in [1.82, 2.24) is 5.32 Å². The van der Waals surface area contributed by atoms with Gasteiger partial charge in [0.2, 0.25) is 5.91 Å². The monoisotopic (exact) mass is 285 g/mol. The Labute approximate surface area is 123 Å². The van der Waals surface area contributed by atoms with Crippen LogP contribution in [0, 0.1) is 5.41 Å². The molecule has 0 aliphatic carbocycles. The van der Waals surface area contributed by atoms with Crippen LogP contribution in [0.3, 0.4) is 0 Å². The molecule has 0 aromatic heterocycles. The van der Waals surface area contributed by atoms with Crippen LogP contribution in [0.5, 0.6) is 0 Å². The molecule has 0 radical (unpaired) electrons. The van der Waals surface area contributed by atoms with E-state index in [0.717, 1.165) is 6.42 Å². The summed E-state index contributed by atoms with van der Waals surface area (Å²) in [5.74, 6) is 0.155. The smallest absolute Gasteiger partial charge is 0.246 e. The quantitative estimate of drug-likeness (QED) is 0.697. The normalized spacial score (nSPS) is 12.3. The molecule has 4 nitrogen and oxygen atoms in total. The van der Waals surface area contributed by atoms with E-state index in [9.17, 15) is 9.59 Å². The Morgan fingerprint density at radius 2 is 1.60 bits per heavy atom. The SMILES string of the molecule is CC(C)(C)CCC(=O)CCCNC(=O)COC(C)(C)C. The van der Waals surface area contributed by atoms with Crippen LogP contribution in [0.1, 0.15) is 67.2 Å². The molecule has 0 heterocycles. The van der Waals surface area contributed by atoms with E-state index >= 15 is 0 Å². The molecule has 0 saturated heterocycles. The number of carbonyl (C=O) groups excluding carboxylic acids is 2. The van der Waals surface area contributed by atoms with E-state index in [1.54, 1.807) is 0 Å². The maximum atomic E-state index is 11.7. The number of ketones is 1. The van der Waals surface area contributed by atoms with Crippen molar-refractivity contribution in [1.29, 1.82) is 0 Å². The van der Waals surface area contributed by atoms with Gasteiger partial charge in [0, 0.05) is 19.4 Å². The summed E-state index contributed by atoms with van der Waals surface area (Å²) in [6, 6.07) is 0. The highest BCUT2D eigenvalue weighted by Gasteiger charge is 2.14. The Kier molecular flexibility index (Phi) is 8.02. The van der Waals surface area contributed by atoms with Crippen molar-refractivity contribution in [3.05, 3.63) is 0 Å². The third kappa shape index (κ3) is 13.5. The largest absolute Gasteiger partial charge is 0.366 e. The van der Waals surface area contributed by atoms with Gasteiger partial charge in [-0.2, -0.15) is 0 Å². The summed E-state index contributed by atoms with van der Waals surface area (Å²) in [5, 5.41) is 2.77. The standard InChI is InChI=1S/C16H31NO3/c1-15(2,3)10-9-13(18)8-7-11-17-14(19)12-20-16(4,5)6/h7-12H2,1-6H3,(H,17,19). The molecular weight excluding hydrogens is 254 g/mol. The highest BCUT2D eigenvalue weighted by molar-refractivity contribution is 5.79. The third-order valence-electron chi connectivity index (χ3n) is 2.74. The predicted molar refractivity (Wildman–Crippen MR) is 81.6 cm³/mol. The zero-order valence-corrected chi connectivity index (χ0v) is 14.0. The van der Waals surface area contributed by atoms with Gasteiger partial charge in [-0.1, -0.05) is 20.8 Å². The topological polar surface area (TPSA) is 55.4 Å². The Bertz CT molecular complexity index is 279. The summed E-state index contributed by atoms with van der Waals surface area (Å²) in [7, 11) is 0. The second-order valence-electron chi connectivity index (χ2n) is 7.45. The first kappa shape index (κ1) is 19.1. The van der Waals surface area contributed by atoms with Crippen LogP contribution < -0.4 is 5.32 Å². The van der Waals surface area contributed by atoms with Gasteiger partial charge in [-0.25, -0.2) is 0 Å². The van der Waals surface area contributed by atoms with E-state index in [1.807, 2.05) is 20.8 Å². The molecule has 0 spiro atoms. The van der Waals surface area contributed by atoms with Gasteiger partial charge < -0.3 is 10.1 Å². The van der Waals surface area contributed by atoms with Crippen molar-refractivity contribution >= 4 is 11.7 Å². The number of rotatable bonds is 8. The van der Waals surface area contributed by atoms with E-state index in [-0.39, 0.29) is 29.3 Å². The van der Waals surface area contributed by atoms with Crippen LogP contribution in [0.15, 0.2) is 0 Å². The van der Waals surface area contributed by atoms with Crippen molar-refractivity contribution in [2.75, 3.05) is 13.2 Å². The minimum Gasteiger partial charge on any atom is -0.366 e. The minimum absolute atomic E-state index is 0.0709. The lowest BCUT2D eigenvalue weighted by atomic mass is 9.89. The number of ether oxygens (including phenoxy) is 1.